The highest BCUT2D eigenvalue weighted by Gasteiger charge is 2.18. The molecule has 2 rings (SSSR count). The number of hydrogen-bond acceptors (Lipinski definition) is 6. The van der Waals surface area contributed by atoms with E-state index in [-0.39, 0.29) is 12.2 Å². The SMILES string of the molecule is CCOC(=O)c1sc(=NC(=O)c2cc(OC)ccc2OC)n(C)c1C. The van der Waals surface area contributed by atoms with Crippen LogP contribution in [0.25, 0.3) is 0 Å². The third kappa shape index (κ3) is 3.90. The van der Waals surface area contributed by atoms with Crippen LogP contribution in [0, 0.1) is 6.92 Å². The van der Waals surface area contributed by atoms with E-state index in [0.717, 1.165) is 11.3 Å². The zero-order chi connectivity index (χ0) is 18.6. The molecular weight excluding hydrogens is 344 g/mol. The van der Waals surface area contributed by atoms with Gasteiger partial charge in [-0.05, 0) is 32.0 Å². The predicted octanol–water partition coefficient (Wildman–Crippen LogP) is 2.33. The van der Waals surface area contributed by atoms with E-state index in [0.29, 0.717) is 26.9 Å². The van der Waals surface area contributed by atoms with Gasteiger partial charge in [0.15, 0.2) is 4.80 Å². The molecule has 0 bridgehead atoms. The van der Waals surface area contributed by atoms with Crippen molar-refractivity contribution in [2.75, 3.05) is 20.8 Å². The van der Waals surface area contributed by atoms with Crippen molar-refractivity contribution in [3.8, 4) is 11.5 Å². The van der Waals surface area contributed by atoms with Crippen LogP contribution in [0.1, 0.15) is 32.6 Å². The van der Waals surface area contributed by atoms with Crippen molar-refractivity contribution in [3.63, 3.8) is 0 Å². The molecule has 0 saturated carbocycles. The molecule has 1 aromatic heterocycles. The third-order valence-corrected chi connectivity index (χ3v) is 4.82. The molecular formula is C17H20N2O5S. The number of ether oxygens (including phenoxy) is 3. The number of benzene rings is 1. The summed E-state index contributed by atoms with van der Waals surface area (Å²) < 4.78 is 17.1. The summed E-state index contributed by atoms with van der Waals surface area (Å²) in [6.45, 7) is 3.80. The molecule has 0 saturated heterocycles. The Hall–Kier alpha value is -2.61. The lowest BCUT2D eigenvalue weighted by atomic mass is 10.2. The van der Waals surface area contributed by atoms with Crippen LogP contribution in [-0.2, 0) is 11.8 Å². The molecule has 8 heteroatoms. The summed E-state index contributed by atoms with van der Waals surface area (Å²) in [5.41, 5.74) is 0.971. The van der Waals surface area contributed by atoms with Gasteiger partial charge in [0, 0.05) is 12.7 Å². The number of amides is 1. The van der Waals surface area contributed by atoms with Crippen LogP contribution >= 0.6 is 11.3 Å². The topological polar surface area (TPSA) is 79.1 Å². The third-order valence-electron chi connectivity index (χ3n) is 3.61. The summed E-state index contributed by atoms with van der Waals surface area (Å²) in [4.78, 5) is 29.5. The normalized spacial score (nSPS) is 11.3. The Morgan fingerprint density at radius 1 is 1.24 bits per heavy atom. The van der Waals surface area contributed by atoms with Gasteiger partial charge in [-0.1, -0.05) is 11.3 Å². The van der Waals surface area contributed by atoms with E-state index in [4.69, 9.17) is 14.2 Å². The zero-order valence-corrected chi connectivity index (χ0v) is 15.6. The first kappa shape index (κ1) is 18.7. The summed E-state index contributed by atoms with van der Waals surface area (Å²) >= 11 is 1.11. The molecule has 0 aliphatic heterocycles. The lowest BCUT2D eigenvalue weighted by Gasteiger charge is -2.07. The lowest BCUT2D eigenvalue weighted by Crippen LogP contribution is -2.15. The Morgan fingerprint density at radius 2 is 1.96 bits per heavy atom. The van der Waals surface area contributed by atoms with Gasteiger partial charge in [-0.2, -0.15) is 4.99 Å². The van der Waals surface area contributed by atoms with Gasteiger partial charge < -0.3 is 18.8 Å². The molecule has 1 amide bonds. The summed E-state index contributed by atoms with van der Waals surface area (Å²) in [5.74, 6) is 0.0193. The first-order chi connectivity index (χ1) is 11.9. The highest BCUT2D eigenvalue weighted by atomic mass is 32.1. The number of rotatable bonds is 5. The number of carbonyl (C=O) groups excluding carboxylic acids is 2. The molecule has 0 aliphatic carbocycles. The van der Waals surface area contributed by atoms with E-state index in [1.807, 2.05) is 0 Å². The second kappa shape index (κ2) is 7.98. The largest absolute Gasteiger partial charge is 0.497 e. The fraction of sp³-hybridized carbons (Fsp3) is 0.353. The Kier molecular flexibility index (Phi) is 5.97. The maximum atomic E-state index is 12.6. The van der Waals surface area contributed by atoms with Crippen LogP contribution in [0.4, 0.5) is 0 Å². The van der Waals surface area contributed by atoms with Crippen LogP contribution < -0.4 is 14.3 Å². The van der Waals surface area contributed by atoms with Gasteiger partial charge in [0.25, 0.3) is 5.91 Å². The second-order valence-electron chi connectivity index (χ2n) is 5.06. The van der Waals surface area contributed by atoms with Gasteiger partial charge >= 0.3 is 5.97 Å². The predicted molar refractivity (Wildman–Crippen MR) is 93.4 cm³/mol. The monoisotopic (exact) mass is 364 g/mol. The number of hydrogen-bond donors (Lipinski definition) is 0. The van der Waals surface area contributed by atoms with Crippen molar-refractivity contribution in [3.05, 3.63) is 39.1 Å². The van der Waals surface area contributed by atoms with Crippen molar-refractivity contribution < 1.29 is 23.8 Å². The summed E-state index contributed by atoms with van der Waals surface area (Å²) in [7, 11) is 4.73. The lowest BCUT2D eigenvalue weighted by molar-refractivity contribution is 0.0530. The van der Waals surface area contributed by atoms with E-state index in [2.05, 4.69) is 4.99 Å². The summed E-state index contributed by atoms with van der Waals surface area (Å²) in [5, 5.41) is 0. The summed E-state index contributed by atoms with van der Waals surface area (Å²) in [6.07, 6.45) is 0. The first-order valence-corrected chi connectivity index (χ1v) is 8.39. The molecule has 0 spiro atoms. The molecule has 0 aliphatic rings. The van der Waals surface area contributed by atoms with Crippen molar-refractivity contribution in [1.82, 2.24) is 4.57 Å². The molecule has 0 atom stereocenters. The van der Waals surface area contributed by atoms with E-state index >= 15 is 0 Å². The second-order valence-corrected chi connectivity index (χ2v) is 6.04. The van der Waals surface area contributed by atoms with Gasteiger partial charge in [-0.25, -0.2) is 4.79 Å². The maximum Gasteiger partial charge on any atom is 0.350 e. The Morgan fingerprint density at radius 3 is 2.56 bits per heavy atom. The van der Waals surface area contributed by atoms with Crippen LogP contribution in [0.15, 0.2) is 23.2 Å². The fourth-order valence-corrected chi connectivity index (χ4v) is 3.15. The first-order valence-electron chi connectivity index (χ1n) is 7.57. The van der Waals surface area contributed by atoms with Crippen molar-refractivity contribution in [2.24, 2.45) is 12.0 Å². The standard InChI is InChI=1S/C17H20N2O5S/c1-6-24-16(21)14-10(2)19(3)17(25-14)18-15(20)12-9-11(22-4)7-8-13(12)23-5/h7-9H,6H2,1-5H3. The smallest absolute Gasteiger partial charge is 0.350 e. The van der Waals surface area contributed by atoms with Crippen LogP contribution in [0.2, 0.25) is 0 Å². The highest BCUT2D eigenvalue weighted by molar-refractivity contribution is 7.11. The minimum Gasteiger partial charge on any atom is -0.497 e. The van der Waals surface area contributed by atoms with Gasteiger partial charge in [0.2, 0.25) is 0 Å². The van der Waals surface area contributed by atoms with E-state index in [9.17, 15) is 9.59 Å². The summed E-state index contributed by atoms with van der Waals surface area (Å²) in [6, 6.07) is 4.91. The molecule has 2 aromatic rings. The molecule has 0 fully saturated rings. The van der Waals surface area contributed by atoms with Crippen LogP contribution in [0.5, 0.6) is 11.5 Å². The fourth-order valence-electron chi connectivity index (χ4n) is 2.14. The Labute approximate surface area is 149 Å². The van der Waals surface area contributed by atoms with Crippen molar-refractivity contribution in [1.29, 1.82) is 0 Å². The van der Waals surface area contributed by atoms with Crippen molar-refractivity contribution >= 4 is 23.2 Å². The number of esters is 1. The van der Waals surface area contributed by atoms with Crippen LogP contribution in [0.3, 0.4) is 0 Å². The van der Waals surface area contributed by atoms with E-state index in [1.165, 1.54) is 14.2 Å². The van der Waals surface area contributed by atoms with Gasteiger partial charge in [0.1, 0.15) is 16.4 Å². The number of aromatic nitrogens is 1. The van der Waals surface area contributed by atoms with Crippen LogP contribution in [-0.4, -0.2) is 37.3 Å². The number of thiazole rings is 1. The molecule has 0 radical (unpaired) electrons. The van der Waals surface area contributed by atoms with Gasteiger partial charge in [0.05, 0.1) is 26.4 Å². The van der Waals surface area contributed by atoms with Gasteiger partial charge in [-0.15, -0.1) is 0 Å². The molecule has 1 heterocycles. The molecule has 134 valence electrons. The molecule has 0 N–H and O–H groups in total. The van der Waals surface area contributed by atoms with Gasteiger partial charge in [-0.3, -0.25) is 4.79 Å². The average Bonchev–Trinajstić information content (AvgIpc) is 2.89. The number of methoxy groups -OCH3 is 2. The van der Waals surface area contributed by atoms with Crippen molar-refractivity contribution in [2.45, 2.75) is 13.8 Å². The quantitative estimate of drug-likeness (QED) is 0.761. The number of carbonyl (C=O) groups is 2. The molecule has 7 nitrogen and oxygen atoms in total. The number of nitrogens with zero attached hydrogens (tertiary/aromatic N) is 2. The van der Waals surface area contributed by atoms with E-state index < -0.39 is 11.9 Å². The minimum atomic E-state index is -0.483. The molecule has 0 unspecified atom stereocenters. The molecule has 25 heavy (non-hydrogen) atoms. The maximum absolute atomic E-state index is 12.6. The Bertz CT molecular complexity index is 866. The zero-order valence-electron chi connectivity index (χ0n) is 14.8. The Balaban J connectivity index is 2.49. The highest BCUT2D eigenvalue weighted by Crippen LogP contribution is 2.24. The average molecular weight is 364 g/mol. The molecule has 1 aromatic carbocycles. The minimum absolute atomic E-state index is 0.283. The van der Waals surface area contributed by atoms with E-state index in [1.54, 1.807) is 43.7 Å².